The van der Waals surface area contributed by atoms with Gasteiger partial charge in [-0.2, -0.15) is 22.7 Å². The summed E-state index contributed by atoms with van der Waals surface area (Å²) >= 11 is 3.26. The molecule has 2 bridgehead atoms. The van der Waals surface area contributed by atoms with E-state index in [0.717, 1.165) is 41.4 Å². The minimum Gasteiger partial charge on any atom is -0.445 e. The number of thiophene rings is 2. The molecule has 0 radical (unpaired) electrons. The number of nitrogens with zero attached hydrogens (tertiary/aromatic N) is 2. The van der Waals surface area contributed by atoms with E-state index in [1.807, 2.05) is 22.2 Å². The summed E-state index contributed by atoms with van der Waals surface area (Å²) in [6.07, 6.45) is 8.71. The number of unbranched alkanes of at least 4 members (excludes halogenated alkanes) is 3. The standard InChI is InChI=1S/C24H35N2O3S2/c1-26(10-4-2-3-5-11-27)21-6-7-22(26)15-23(14-21)29-24(28)25(20-9-13-31-18-20)16-19-8-12-30-17-19/h8-9,12-13,17-18,21-23,27H,2-7,10-11,14-16H2,1H3/q+1. The van der Waals surface area contributed by atoms with E-state index < -0.39 is 0 Å². The highest BCUT2D eigenvalue weighted by atomic mass is 32.1. The molecule has 2 aromatic rings. The second-order valence-electron chi connectivity index (χ2n) is 9.27. The van der Waals surface area contributed by atoms with Crippen molar-refractivity contribution >= 4 is 34.5 Å². The molecule has 1 N–H and O–H groups in total. The van der Waals surface area contributed by atoms with Gasteiger partial charge in [0.05, 0.1) is 37.9 Å². The SMILES string of the molecule is C[N+]1(CCCCCCO)C2CCC1CC(OC(=O)N(Cc1ccsc1)c1ccsc1)C2. The van der Waals surface area contributed by atoms with Crippen LogP contribution in [0.3, 0.4) is 0 Å². The van der Waals surface area contributed by atoms with Gasteiger partial charge in [-0.1, -0.05) is 6.42 Å². The van der Waals surface area contributed by atoms with Crippen LogP contribution in [0.2, 0.25) is 0 Å². The number of rotatable bonds is 10. The van der Waals surface area contributed by atoms with Gasteiger partial charge in [0, 0.05) is 37.7 Å². The Hall–Kier alpha value is -1.41. The lowest BCUT2D eigenvalue weighted by Gasteiger charge is -2.47. The number of ether oxygens (including phenoxy) is 1. The number of aliphatic hydroxyl groups excluding tert-OH is 1. The lowest BCUT2D eigenvalue weighted by atomic mass is 9.96. The van der Waals surface area contributed by atoms with Crippen molar-refractivity contribution in [2.45, 2.75) is 76.1 Å². The Kier molecular flexibility index (Phi) is 7.69. The van der Waals surface area contributed by atoms with Crippen LogP contribution in [0, 0.1) is 0 Å². The maximum absolute atomic E-state index is 13.2. The average molecular weight is 464 g/mol. The molecule has 0 spiro atoms. The van der Waals surface area contributed by atoms with Gasteiger partial charge in [-0.3, -0.25) is 4.90 Å². The van der Waals surface area contributed by atoms with E-state index in [1.54, 1.807) is 27.6 Å². The number of piperidine rings is 1. The topological polar surface area (TPSA) is 49.8 Å². The highest BCUT2D eigenvalue weighted by Gasteiger charge is 2.52. The molecule has 4 heterocycles. The summed E-state index contributed by atoms with van der Waals surface area (Å²) in [5, 5.41) is 17.2. The van der Waals surface area contributed by atoms with Gasteiger partial charge in [0.25, 0.3) is 0 Å². The molecule has 2 saturated heterocycles. The molecule has 5 nitrogen and oxygen atoms in total. The van der Waals surface area contributed by atoms with Gasteiger partial charge in [-0.15, -0.1) is 0 Å². The summed E-state index contributed by atoms with van der Waals surface area (Å²) in [6, 6.07) is 5.26. The normalized spacial score (nSPS) is 27.4. The number of amides is 1. The molecule has 31 heavy (non-hydrogen) atoms. The molecule has 0 saturated carbocycles. The minimum atomic E-state index is -0.214. The van der Waals surface area contributed by atoms with Crippen molar-refractivity contribution in [2.24, 2.45) is 0 Å². The zero-order valence-corrected chi connectivity index (χ0v) is 20.1. The van der Waals surface area contributed by atoms with E-state index in [9.17, 15) is 4.79 Å². The van der Waals surface area contributed by atoms with Crippen LogP contribution in [-0.2, 0) is 11.3 Å². The second kappa shape index (κ2) is 10.5. The molecule has 2 aliphatic heterocycles. The fourth-order valence-electron chi connectivity index (χ4n) is 5.52. The van der Waals surface area contributed by atoms with E-state index in [1.165, 1.54) is 32.2 Å². The molecule has 0 aliphatic carbocycles. The van der Waals surface area contributed by atoms with Gasteiger partial charge >= 0.3 is 6.09 Å². The molecular weight excluding hydrogens is 428 g/mol. The Morgan fingerprint density at radius 1 is 1.10 bits per heavy atom. The maximum atomic E-state index is 13.2. The summed E-state index contributed by atoms with van der Waals surface area (Å²) in [5.41, 5.74) is 2.06. The van der Waals surface area contributed by atoms with Crippen molar-refractivity contribution in [1.82, 2.24) is 0 Å². The summed E-state index contributed by atoms with van der Waals surface area (Å²) in [7, 11) is 2.42. The quantitative estimate of drug-likeness (QED) is 0.366. The molecule has 170 valence electrons. The first kappa shape index (κ1) is 22.8. The van der Waals surface area contributed by atoms with Gasteiger partial charge in [0.1, 0.15) is 6.10 Å². The third-order valence-corrected chi connectivity index (χ3v) is 8.75. The number of hydrogen-bond donors (Lipinski definition) is 1. The zero-order chi connectivity index (χ0) is 21.7. The molecule has 2 fully saturated rings. The van der Waals surface area contributed by atoms with Crippen molar-refractivity contribution in [3.8, 4) is 0 Å². The molecule has 2 aliphatic rings. The minimum absolute atomic E-state index is 0.0224. The van der Waals surface area contributed by atoms with E-state index >= 15 is 0 Å². The smallest absolute Gasteiger partial charge is 0.414 e. The first-order valence-corrected chi connectivity index (χ1v) is 13.5. The van der Waals surface area contributed by atoms with Crippen LogP contribution in [-0.4, -0.2) is 54.1 Å². The fourth-order valence-corrected chi connectivity index (χ4v) is 6.82. The van der Waals surface area contributed by atoms with Gasteiger partial charge in [-0.25, -0.2) is 4.79 Å². The number of hydrogen-bond acceptors (Lipinski definition) is 5. The fraction of sp³-hybridized carbons (Fsp3) is 0.625. The monoisotopic (exact) mass is 463 g/mol. The Bertz CT molecular complexity index is 795. The van der Waals surface area contributed by atoms with E-state index in [0.29, 0.717) is 25.2 Å². The van der Waals surface area contributed by atoms with Crippen molar-refractivity contribution in [2.75, 3.05) is 25.1 Å². The first-order valence-electron chi connectivity index (χ1n) is 11.6. The van der Waals surface area contributed by atoms with Crippen molar-refractivity contribution < 1.29 is 19.1 Å². The van der Waals surface area contributed by atoms with Crippen LogP contribution in [0.4, 0.5) is 10.5 Å². The molecule has 2 unspecified atom stereocenters. The second-order valence-corrected chi connectivity index (χ2v) is 10.8. The summed E-state index contributed by atoms with van der Waals surface area (Å²) in [5.74, 6) is 0. The van der Waals surface area contributed by atoms with Crippen LogP contribution < -0.4 is 4.90 Å². The highest BCUT2D eigenvalue weighted by molar-refractivity contribution is 7.08. The van der Waals surface area contributed by atoms with E-state index in [4.69, 9.17) is 9.84 Å². The Balaban J connectivity index is 1.35. The predicted octanol–water partition coefficient (Wildman–Crippen LogP) is 5.65. The third-order valence-electron chi connectivity index (χ3n) is 7.35. The number of aliphatic hydroxyl groups is 1. The highest BCUT2D eigenvalue weighted by Crippen LogP contribution is 2.42. The molecule has 1 amide bonds. The zero-order valence-electron chi connectivity index (χ0n) is 18.4. The summed E-state index contributed by atoms with van der Waals surface area (Å²) < 4.78 is 7.26. The molecule has 4 rings (SSSR count). The number of fused-ring (bicyclic) bond motifs is 2. The molecule has 0 aromatic carbocycles. The van der Waals surface area contributed by atoms with Crippen LogP contribution in [0.5, 0.6) is 0 Å². The van der Waals surface area contributed by atoms with Crippen LogP contribution >= 0.6 is 22.7 Å². The van der Waals surface area contributed by atoms with Gasteiger partial charge in [0.2, 0.25) is 0 Å². The average Bonchev–Trinajstić information content (AvgIpc) is 3.48. The number of anilines is 1. The maximum Gasteiger partial charge on any atom is 0.414 e. The van der Waals surface area contributed by atoms with Crippen molar-refractivity contribution in [3.05, 3.63) is 39.2 Å². The lowest BCUT2D eigenvalue weighted by molar-refractivity contribution is -0.949. The number of quaternary nitrogens is 1. The summed E-state index contributed by atoms with van der Waals surface area (Å²) in [4.78, 5) is 15.0. The molecule has 2 aromatic heterocycles. The van der Waals surface area contributed by atoms with Crippen LogP contribution in [0.1, 0.15) is 56.9 Å². The third kappa shape index (κ3) is 5.33. The van der Waals surface area contributed by atoms with Crippen LogP contribution in [0.25, 0.3) is 0 Å². The van der Waals surface area contributed by atoms with E-state index in [2.05, 4.69) is 18.5 Å². The number of carbonyl (C=O) groups excluding carboxylic acids is 1. The van der Waals surface area contributed by atoms with Crippen molar-refractivity contribution in [3.63, 3.8) is 0 Å². The Morgan fingerprint density at radius 3 is 2.45 bits per heavy atom. The van der Waals surface area contributed by atoms with Gasteiger partial charge in [0.15, 0.2) is 0 Å². The molecule has 7 heteroatoms. The lowest BCUT2D eigenvalue weighted by Crippen LogP contribution is -2.59. The summed E-state index contributed by atoms with van der Waals surface area (Å²) in [6.45, 7) is 2.07. The largest absolute Gasteiger partial charge is 0.445 e. The first-order chi connectivity index (χ1) is 15.1. The molecular formula is C24H35N2O3S2+. The predicted molar refractivity (Wildman–Crippen MR) is 128 cm³/mol. The van der Waals surface area contributed by atoms with Gasteiger partial charge in [-0.05, 0) is 53.1 Å². The number of carbonyl (C=O) groups is 1. The molecule has 2 atom stereocenters. The van der Waals surface area contributed by atoms with Crippen LogP contribution in [0.15, 0.2) is 33.7 Å². The Morgan fingerprint density at radius 2 is 1.81 bits per heavy atom. The van der Waals surface area contributed by atoms with E-state index in [-0.39, 0.29) is 12.2 Å². The van der Waals surface area contributed by atoms with Crippen molar-refractivity contribution in [1.29, 1.82) is 0 Å². The Labute approximate surface area is 193 Å². The van der Waals surface area contributed by atoms with Gasteiger partial charge < -0.3 is 14.3 Å².